The van der Waals surface area contributed by atoms with E-state index in [1.54, 1.807) is 6.07 Å². The molecule has 1 aromatic rings. The minimum absolute atomic E-state index is 0. The van der Waals surface area contributed by atoms with E-state index in [1.807, 2.05) is 0 Å². The summed E-state index contributed by atoms with van der Waals surface area (Å²) in [5, 5.41) is 5.69. The van der Waals surface area contributed by atoms with Gasteiger partial charge >= 0.3 is 6.18 Å². The average Bonchev–Trinajstić information content (AvgIpc) is 2.89. The number of hydrogen-bond donors (Lipinski definition) is 2. The van der Waals surface area contributed by atoms with Crippen molar-refractivity contribution in [2.24, 2.45) is 0 Å². The molecule has 1 aliphatic heterocycles. The van der Waals surface area contributed by atoms with Crippen molar-refractivity contribution in [3.63, 3.8) is 0 Å². The molecule has 0 radical (unpaired) electrons. The highest BCUT2D eigenvalue weighted by atomic mass is 35.5. The summed E-state index contributed by atoms with van der Waals surface area (Å²) >= 11 is 0. The molecule has 7 heteroatoms. The fourth-order valence-corrected chi connectivity index (χ4v) is 2.08. The molecule has 0 bridgehead atoms. The Morgan fingerprint density at radius 2 is 2.15 bits per heavy atom. The predicted octanol–water partition coefficient (Wildman–Crippen LogP) is 2.50. The molecule has 1 fully saturated rings. The van der Waals surface area contributed by atoms with Crippen molar-refractivity contribution in [2.45, 2.75) is 31.6 Å². The van der Waals surface area contributed by atoms with Crippen LogP contribution in [0.3, 0.4) is 0 Å². The average molecular weight is 309 g/mol. The summed E-state index contributed by atoms with van der Waals surface area (Å²) in [4.78, 5) is 11.7. The van der Waals surface area contributed by atoms with E-state index < -0.39 is 11.7 Å². The largest absolute Gasteiger partial charge is 0.416 e. The van der Waals surface area contributed by atoms with E-state index in [0.29, 0.717) is 5.56 Å². The number of carbonyl (C=O) groups excluding carboxylic acids is 1. The molecule has 2 N–H and O–H groups in total. The van der Waals surface area contributed by atoms with Crippen LogP contribution in [0.4, 0.5) is 13.2 Å². The maximum absolute atomic E-state index is 12.5. The fourth-order valence-electron chi connectivity index (χ4n) is 2.08. The molecule has 0 saturated carbocycles. The summed E-state index contributed by atoms with van der Waals surface area (Å²) in [5.41, 5.74) is -0.251. The quantitative estimate of drug-likeness (QED) is 0.901. The lowest BCUT2D eigenvalue weighted by Crippen LogP contribution is -2.40. The van der Waals surface area contributed by atoms with Crippen LogP contribution in [0.1, 0.15) is 24.0 Å². The van der Waals surface area contributed by atoms with Crippen molar-refractivity contribution in [1.29, 1.82) is 0 Å². The molecule has 0 spiro atoms. The Bertz CT molecular complexity index is 459. The van der Waals surface area contributed by atoms with Crippen LogP contribution in [0, 0.1) is 0 Å². The van der Waals surface area contributed by atoms with Gasteiger partial charge in [-0.2, -0.15) is 13.2 Å². The van der Waals surface area contributed by atoms with Crippen molar-refractivity contribution in [1.82, 2.24) is 10.6 Å². The van der Waals surface area contributed by atoms with Crippen molar-refractivity contribution >= 4 is 18.3 Å². The lowest BCUT2D eigenvalue weighted by atomic mass is 10.1. The van der Waals surface area contributed by atoms with Gasteiger partial charge in [0.1, 0.15) is 0 Å². The van der Waals surface area contributed by atoms with Gasteiger partial charge < -0.3 is 10.6 Å². The van der Waals surface area contributed by atoms with Crippen LogP contribution in [-0.4, -0.2) is 18.5 Å². The van der Waals surface area contributed by atoms with Crippen LogP contribution in [-0.2, 0) is 17.5 Å². The standard InChI is InChI=1S/C13H15F3N2O.ClH/c14-13(15,16)10-4-1-3-9(7-10)8-18-12(19)11-5-2-6-17-11;/h1,3-4,7,11,17H,2,5-6,8H2,(H,18,19);1H. The van der Waals surface area contributed by atoms with Crippen molar-refractivity contribution in [2.75, 3.05) is 6.54 Å². The molecule has 112 valence electrons. The Morgan fingerprint density at radius 1 is 1.40 bits per heavy atom. The zero-order valence-electron chi connectivity index (χ0n) is 10.7. The first-order chi connectivity index (χ1) is 8.97. The zero-order chi connectivity index (χ0) is 13.9. The van der Waals surface area contributed by atoms with Gasteiger partial charge in [-0.25, -0.2) is 0 Å². The second-order valence-corrected chi connectivity index (χ2v) is 4.56. The molecule has 1 aliphatic rings. The number of amides is 1. The smallest absolute Gasteiger partial charge is 0.351 e. The van der Waals surface area contributed by atoms with Gasteiger partial charge in [0.05, 0.1) is 11.6 Å². The maximum atomic E-state index is 12.5. The molecule has 20 heavy (non-hydrogen) atoms. The van der Waals surface area contributed by atoms with E-state index in [0.717, 1.165) is 31.5 Å². The van der Waals surface area contributed by atoms with Gasteiger partial charge in [0.15, 0.2) is 0 Å². The van der Waals surface area contributed by atoms with E-state index in [1.165, 1.54) is 6.07 Å². The van der Waals surface area contributed by atoms with E-state index >= 15 is 0 Å². The number of halogens is 4. The third-order valence-electron chi connectivity index (χ3n) is 3.10. The summed E-state index contributed by atoms with van der Waals surface area (Å²) < 4.78 is 37.5. The first-order valence-electron chi connectivity index (χ1n) is 6.14. The van der Waals surface area contributed by atoms with E-state index in [-0.39, 0.29) is 30.9 Å². The number of nitrogens with one attached hydrogen (secondary N) is 2. The molecule has 1 amide bonds. The van der Waals surface area contributed by atoms with Crippen molar-refractivity contribution in [3.05, 3.63) is 35.4 Å². The van der Waals surface area contributed by atoms with Crippen LogP contribution in [0.5, 0.6) is 0 Å². The molecule has 1 saturated heterocycles. The number of alkyl halides is 3. The molecule has 1 unspecified atom stereocenters. The molecule has 3 nitrogen and oxygen atoms in total. The Kier molecular flexibility index (Phi) is 5.83. The Balaban J connectivity index is 0.00000200. The highest BCUT2D eigenvalue weighted by Crippen LogP contribution is 2.29. The fraction of sp³-hybridized carbons (Fsp3) is 0.462. The van der Waals surface area contributed by atoms with E-state index in [9.17, 15) is 18.0 Å². The SMILES string of the molecule is Cl.O=C(NCc1cccc(C(F)(F)F)c1)C1CCCN1. The van der Waals surface area contributed by atoms with Gasteiger partial charge in [-0.3, -0.25) is 4.79 Å². The van der Waals surface area contributed by atoms with Gasteiger partial charge in [-0.1, -0.05) is 12.1 Å². The molecule has 1 atom stereocenters. The molecular weight excluding hydrogens is 293 g/mol. The first kappa shape index (κ1) is 16.8. The summed E-state index contributed by atoms with van der Waals surface area (Å²) in [7, 11) is 0. The predicted molar refractivity (Wildman–Crippen MR) is 71.6 cm³/mol. The summed E-state index contributed by atoms with van der Waals surface area (Å²) in [6.07, 6.45) is -2.64. The lowest BCUT2D eigenvalue weighted by Gasteiger charge is -2.12. The van der Waals surface area contributed by atoms with Crippen molar-refractivity contribution in [3.8, 4) is 0 Å². The lowest BCUT2D eigenvalue weighted by molar-refractivity contribution is -0.137. The van der Waals surface area contributed by atoms with Gasteiger partial charge in [0, 0.05) is 6.54 Å². The highest BCUT2D eigenvalue weighted by molar-refractivity contribution is 5.85. The summed E-state index contributed by atoms with van der Waals surface area (Å²) in [5.74, 6) is -0.157. The Morgan fingerprint density at radius 3 is 2.75 bits per heavy atom. The van der Waals surface area contributed by atoms with Gasteiger partial charge in [-0.05, 0) is 37.1 Å². The monoisotopic (exact) mass is 308 g/mol. The minimum atomic E-state index is -4.35. The van der Waals surface area contributed by atoms with Crippen LogP contribution >= 0.6 is 12.4 Å². The van der Waals surface area contributed by atoms with Crippen LogP contribution < -0.4 is 10.6 Å². The molecule has 0 aliphatic carbocycles. The number of rotatable bonds is 3. The third-order valence-corrected chi connectivity index (χ3v) is 3.10. The Labute approximate surface area is 121 Å². The molecular formula is C13H16ClF3N2O. The molecule has 0 aromatic heterocycles. The third kappa shape index (κ3) is 4.38. The van der Waals surface area contributed by atoms with Gasteiger partial charge in [0.2, 0.25) is 5.91 Å². The molecule has 1 aromatic carbocycles. The van der Waals surface area contributed by atoms with Gasteiger partial charge in [-0.15, -0.1) is 12.4 Å². The van der Waals surface area contributed by atoms with E-state index in [4.69, 9.17) is 0 Å². The summed E-state index contributed by atoms with van der Waals surface area (Å²) in [6.45, 7) is 0.919. The zero-order valence-corrected chi connectivity index (χ0v) is 11.5. The molecule has 1 heterocycles. The second kappa shape index (κ2) is 6.95. The normalized spacial score (nSPS) is 18.4. The highest BCUT2D eigenvalue weighted by Gasteiger charge is 2.30. The van der Waals surface area contributed by atoms with Crippen LogP contribution in [0.2, 0.25) is 0 Å². The topological polar surface area (TPSA) is 41.1 Å². The van der Waals surface area contributed by atoms with Crippen molar-refractivity contribution < 1.29 is 18.0 Å². The van der Waals surface area contributed by atoms with Crippen LogP contribution in [0.25, 0.3) is 0 Å². The van der Waals surface area contributed by atoms with Crippen LogP contribution in [0.15, 0.2) is 24.3 Å². The second-order valence-electron chi connectivity index (χ2n) is 4.56. The van der Waals surface area contributed by atoms with E-state index in [2.05, 4.69) is 10.6 Å². The minimum Gasteiger partial charge on any atom is -0.351 e. The number of carbonyl (C=O) groups is 1. The van der Waals surface area contributed by atoms with Gasteiger partial charge in [0.25, 0.3) is 0 Å². The number of hydrogen-bond acceptors (Lipinski definition) is 2. The Hall–Kier alpha value is -1.27. The maximum Gasteiger partial charge on any atom is 0.416 e. The number of benzene rings is 1. The summed E-state index contributed by atoms with van der Waals surface area (Å²) in [6, 6.07) is 4.77. The first-order valence-corrected chi connectivity index (χ1v) is 6.14. The molecule has 2 rings (SSSR count).